The second-order valence-electron chi connectivity index (χ2n) is 1.31. The molecule has 0 radical (unpaired) electrons. The summed E-state index contributed by atoms with van der Waals surface area (Å²) in [6.07, 6.45) is 4.00. The maximum absolute atomic E-state index is 5.15. The second kappa shape index (κ2) is 5.99. The van der Waals surface area contributed by atoms with Crippen LogP contribution in [0.4, 0.5) is 0 Å². The minimum Gasteiger partial charge on any atom is -0.234 e. The van der Waals surface area contributed by atoms with E-state index in [1.807, 2.05) is 6.08 Å². The Morgan fingerprint density at radius 3 is 2.86 bits per heavy atom. The van der Waals surface area contributed by atoms with Crippen molar-refractivity contribution < 1.29 is 0 Å². The molecule has 0 unspecified atom stereocenters. The lowest BCUT2D eigenvalue weighted by Gasteiger charge is -1.88. The van der Waals surface area contributed by atoms with Crippen molar-refractivity contribution in [3.8, 4) is 0 Å². The number of nitrogens with one attached hydrogen (secondary N) is 1. The number of unbranched alkanes of at least 4 members (excludes halogenated alkanes) is 1. The van der Waals surface area contributed by atoms with Gasteiger partial charge < -0.3 is 0 Å². The summed E-state index contributed by atoms with van der Waals surface area (Å²) >= 11 is 5.15. The number of hydrogen-bond acceptors (Lipinski definition) is 1. The number of halogens is 1. The van der Waals surface area contributed by atoms with E-state index in [9.17, 15) is 0 Å². The van der Waals surface area contributed by atoms with Gasteiger partial charge in [-0.2, -0.15) is 0 Å². The fourth-order valence-corrected chi connectivity index (χ4v) is 0.447. The normalized spacial score (nSPS) is 8.71. The Morgan fingerprint density at radius 2 is 2.43 bits per heavy atom. The molecule has 0 spiro atoms. The van der Waals surface area contributed by atoms with Crippen molar-refractivity contribution in [3.05, 3.63) is 12.7 Å². The minimum absolute atomic E-state index is 0.869. The summed E-state index contributed by atoms with van der Waals surface area (Å²) < 4.78 is 0. The van der Waals surface area contributed by atoms with E-state index in [1.54, 1.807) is 0 Å². The van der Waals surface area contributed by atoms with Crippen molar-refractivity contribution in [2.45, 2.75) is 12.8 Å². The van der Waals surface area contributed by atoms with E-state index in [2.05, 4.69) is 11.4 Å². The van der Waals surface area contributed by atoms with Gasteiger partial charge in [0.25, 0.3) is 0 Å². The van der Waals surface area contributed by atoms with E-state index < -0.39 is 0 Å². The molecule has 1 N–H and O–H groups in total. The molecule has 0 saturated carbocycles. The third-order valence-corrected chi connectivity index (χ3v) is 0.868. The average Bonchev–Trinajstić information content (AvgIpc) is 1.69. The summed E-state index contributed by atoms with van der Waals surface area (Å²) in [6, 6.07) is 0. The monoisotopic (exact) mass is 119 g/mol. The molecular formula is C5H10ClN. The van der Waals surface area contributed by atoms with E-state index in [0.717, 1.165) is 19.4 Å². The van der Waals surface area contributed by atoms with Crippen LogP contribution < -0.4 is 4.84 Å². The van der Waals surface area contributed by atoms with E-state index in [0.29, 0.717) is 0 Å². The van der Waals surface area contributed by atoms with E-state index >= 15 is 0 Å². The molecule has 0 aliphatic heterocycles. The zero-order valence-corrected chi connectivity index (χ0v) is 5.04. The van der Waals surface area contributed by atoms with Gasteiger partial charge in [0.05, 0.1) is 0 Å². The minimum atomic E-state index is 0.869. The highest BCUT2D eigenvalue weighted by atomic mass is 35.5. The Morgan fingerprint density at radius 1 is 1.71 bits per heavy atom. The predicted molar refractivity (Wildman–Crippen MR) is 33.3 cm³/mol. The smallest absolute Gasteiger partial charge is 0.0111 e. The van der Waals surface area contributed by atoms with Gasteiger partial charge in [-0.3, -0.25) is 0 Å². The molecule has 1 nitrogen and oxygen atoms in total. The molecule has 0 fully saturated rings. The maximum Gasteiger partial charge on any atom is 0.0111 e. The average molecular weight is 120 g/mol. The van der Waals surface area contributed by atoms with Crippen LogP contribution in [-0.4, -0.2) is 6.54 Å². The van der Waals surface area contributed by atoms with E-state index in [-0.39, 0.29) is 0 Å². The highest BCUT2D eigenvalue weighted by Crippen LogP contribution is 1.85. The Labute approximate surface area is 49.5 Å². The Bertz CT molecular complexity index is 45.3. The molecule has 0 aromatic rings. The molecule has 0 atom stereocenters. The summed E-state index contributed by atoms with van der Waals surface area (Å²) in [5.74, 6) is 0. The summed E-state index contributed by atoms with van der Waals surface area (Å²) in [5.41, 5.74) is 0. The molecule has 0 bridgehead atoms. The van der Waals surface area contributed by atoms with Crippen LogP contribution in [0.3, 0.4) is 0 Å². The number of hydrogen-bond donors (Lipinski definition) is 1. The maximum atomic E-state index is 5.15. The van der Waals surface area contributed by atoms with Gasteiger partial charge in [0, 0.05) is 6.54 Å². The topological polar surface area (TPSA) is 12.0 Å². The van der Waals surface area contributed by atoms with Crippen LogP contribution in [0.1, 0.15) is 12.8 Å². The molecule has 0 aliphatic rings. The lowest BCUT2D eigenvalue weighted by molar-refractivity contribution is 0.811. The summed E-state index contributed by atoms with van der Waals surface area (Å²) in [4.78, 5) is 2.53. The Balaban J connectivity index is 2.56. The van der Waals surface area contributed by atoms with Gasteiger partial charge in [-0.15, -0.1) is 6.58 Å². The number of allylic oxidation sites excluding steroid dienone is 1. The molecule has 2 heteroatoms. The highest BCUT2D eigenvalue weighted by molar-refractivity contribution is 6.13. The number of rotatable bonds is 4. The van der Waals surface area contributed by atoms with Crippen molar-refractivity contribution in [2.24, 2.45) is 0 Å². The standard InChI is InChI=1S/C5H10ClN/c1-2-3-4-5-7-6/h2,7H,1,3-5H2. The third-order valence-electron chi connectivity index (χ3n) is 0.680. The lowest BCUT2D eigenvalue weighted by Crippen LogP contribution is -1.98. The molecular weight excluding hydrogens is 110 g/mol. The van der Waals surface area contributed by atoms with Crippen LogP contribution in [0.25, 0.3) is 0 Å². The largest absolute Gasteiger partial charge is 0.234 e. The molecule has 0 rings (SSSR count). The first-order valence-corrected chi connectivity index (χ1v) is 2.74. The molecule has 0 heterocycles. The van der Waals surface area contributed by atoms with Crippen LogP contribution in [0.2, 0.25) is 0 Å². The first-order chi connectivity index (χ1) is 3.41. The van der Waals surface area contributed by atoms with Crippen LogP contribution in [0.5, 0.6) is 0 Å². The fourth-order valence-electron chi connectivity index (χ4n) is 0.313. The van der Waals surface area contributed by atoms with Crippen molar-refractivity contribution >= 4 is 11.8 Å². The fraction of sp³-hybridized carbons (Fsp3) is 0.600. The molecule has 0 aromatic heterocycles. The van der Waals surface area contributed by atoms with Crippen LogP contribution in [-0.2, 0) is 0 Å². The van der Waals surface area contributed by atoms with Gasteiger partial charge in [-0.25, -0.2) is 4.84 Å². The van der Waals surface area contributed by atoms with Crippen molar-refractivity contribution in [1.82, 2.24) is 4.84 Å². The highest BCUT2D eigenvalue weighted by Gasteiger charge is 1.77. The van der Waals surface area contributed by atoms with Crippen molar-refractivity contribution in [3.63, 3.8) is 0 Å². The van der Waals surface area contributed by atoms with Crippen LogP contribution in [0, 0.1) is 0 Å². The Hall–Kier alpha value is -0.0100. The van der Waals surface area contributed by atoms with Crippen LogP contribution in [0.15, 0.2) is 12.7 Å². The van der Waals surface area contributed by atoms with Gasteiger partial charge in [-0.1, -0.05) is 6.08 Å². The van der Waals surface area contributed by atoms with Gasteiger partial charge in [-0.05, 0) is 24.6 Å². The van der Waals surface area contributed by atoms with Crippen molar-refractivity contribution in [2.75, 3.05) is 6.54 Å². The van der Waals surface area contributed by atoms with Gasteiger partial charge >= 0.3 is 0 Å². The molecule has 7 heavy (non-hydrogen) atoms. The quantitative estimate of drug-likeness (QED) is 0.338. The molecule has 0 aliphatic carbocycles. The van der Waals surface area contributed by atoms with Gasteiger partial charge in [0.15, 0.2) is 0 Å². The summed E-state index contributed by atoms with van der Waals surface area (Å²) in [6.45, 7) is 4.43. The van der Waals surface area contributed by atoms with E-state index in [1.165, 1.54) is 0 Å². The molecule has 0 saturated heterocycles. The van der Waals surface area contributed by atoms with Crippen LogP contribution >= 0.6 is 11.8 Å². The third kappa shape index (κ3) is 5.99. The Kier molecular flexibility index (Phi) is 5.98. The summed E-state index contributed by atoms with van der Waals surface area (Å²) in [7, 11) is 0. The molecule has 0 amide bonds. The molecule has 0 aromatic carbocycles. The zero-order chi connectivity index (χ0) is 5.54. The second-order valence-corrected chi connectivity index (χ2v) is 1.58. The van der Waals surface area contributed by atoms with Gasteiger partial charge in [0.1, 0.15) is 0 Å². The SMILES string of the molecule is C=CCCCNCl. The predicted octanol–water partition coefficient (Wildman–Crippen LogP) is 1.70. The van der Waals surface area contributed by atoms with E-state index in [4.69, 9.17) is 11.8 Å². The first-order valence-electron chi connectivity index (χ1n) is 2.36. The van der Waals surface area contributed by atoms with Crippen molar-refractivity contribution in [1.29, 1.82) is 0 Å². The van der Waals surface area contributed by atoms with Gasteiger partial charge in [0.2, 0.25) is 0 Å². The summed E-state index contributed by atoms with van der Waals surface area (Å²) in [5, 5.41) is 0. The molecule has 42 valence electrons. The zero-order valence-electron chi connectivity index (χ0n) is 4.28. The first kappa shape index (κ1) is 6.99. The lowest BCUT2D eigenvalue weighted by atomic mass is 10.3.